The molecule has 77 valence electrons. The van der Waals surface area contributed by atoms with E-state index >= 15 is 0 Å². The maximum atomic E-state index is 5.19. The topological polar surface area (TPSA) is 23.4 Å². The maximum Gasteiger partial charge on any atom is 0.124 e. The van der Waals surface area contributed by atoms with Crippen molar-refractivity contribution in [3.05, 3.63) is 42.7 Å². The number of hydrogen-bond donors (Lipinski definition) is 0. The predicted octanol–water partition coefficient (Wildman–Crippen LogP) is 2.29. The first-order chi connectivity index (χ1) is 7.33. The van der Waals surface area contributed by atoms with Gasteiger partial charge in [0.1, 0.15) is 11.5 Å². The van der Waals surface area contributed by atoms with Gasteiger partial charge < -0.3 is 14.0 Å². The third-order valence-electron chi connectivity index (χ3n) is 2.18. The third-order valence-corrected chi connectivity index (χ3v) is 2.18. The molecule has 3 heteroatoms. The van der Waals surface area contributed by atoms with E-state index in [0.717, 1.165) is 17.2 Å². The predicted molar refractivity (Wildman–Crippen MR) is 57.7 cm³/mol. The van der Waals surface area contributed by atoms with Crippen LogP contribution in [0, 0.1) is 6.07 Å². The van der Waals surface area contributed by atoms with Crippen LogP contribution in [0.15, 0.2) is 36.7 Å². The summed E-state index contributed by atoms with van der Waals surface area (Å²) in [5.41, 5.74) is 0.993. The van der Waals surface area contributed by atoms with Crippen LogP contribution >= 0.6 is 0 Å². The quantitative estimate of drug-likeness (QED) is 0.762. The molecule has 0 bridgehead atoms. The highest BCUT2D eigenvalue weighted by atomic mass is 16.5. The molecule has 2 rings (SSSR count). The number of nitrogens with zero attached hydrogens (tertiary/aromatic N) is 1. The summed E-state index contributed by atoms with van der Waals surface area (Å²) in [5, 5.41) is 0. The molecule has 0 spiro atoms. The largest absolute Gasteiger partial charge is 0.497 e. The number of ether oxygens (including phenoxy) is 2. The average molecular weight is 202 g/mol. The number of benzene rings is 1. The molecule has 0 saturated carbocycles. The molecule has 15 heavy (non-hydrogen) atoms. The lowest BCUT2D eigenvalue weighted by atomic mass is 10.2. The lowest BCUT2D eigenvalue weighted by Crippen LogP contribution is -1.93. The van der Waals surface area contributed by atoms with Crippen LogP contribution in [0.1, 0.15) is 0 Å². The van der Waals surface area contributed by atoms with Crippen molar-refractivity contribution in [1.82, 2.24) is 4.57 Å². The SMILES string of the molecule is COc1cc(OC)cc(-n2c[c]cc2)c1. The lowest BCUT2D eigenvalue weighted by Gasteiger charge is -2.08. The Hall–Kier alpha value is -1.90. The third kappa shape index (κ3) is 1.96. The summed E-state index contributed by atoms with van der Waals surface area (Å²) in [5.74, 6) is 1.55. The average Bonchev–Trinajstić information content (AvgIpc) is 2.81. The molecular formula is C12H12NO2. The molecule has 0 aliphatic heterocycles. The van der Waals surface area contributed by atoms with Gasteiger partial charge in [-0.1, -0.05) is 0 Å². The van der Waals surface area contributed by atoms with Crippen molar-refractivity contribution in [3.8, 4) is 17.2 Å². The Labute approximate surface area is 88.9 Å². The van der Waals surface area contributed by atoms with Crippen LogP contribution in [0.4, 0.5) is 0 Å². The zero-order valence-corrected chi connectivity index (χ0v) is 8.73. The van der Waals surface area contributed by atoms with Crippen LogP contribution in [0.25, 0.3) is 5.69 Å². The zero-order chi connectivity index (χ0) is 10.7. The molecule has 1 heterocycles. The normalized spacial score (nSPS) is 10.0. The molecule has 0 unspecified atom stereocenters. The van der Waals surface area contributed by atoms with Gasteiger partial charge in [-0.25, -0.2) is 0 Å². The number of hydrogen-bond acceptors (Lipinski definition) is 2. The first-order valence-electron chi connectivity index (χ1n) is 4.61. The minimum absolute atomic E-state index is 0.776. The fourth-order valence-electron chi connectivity index (χ4n) is 1.39. The lowest BCUT2D eigenvalue weighted by molar-refractivity contribution is 0.394. The summed E-state index contributed by atoms with van der Waals surface area (Å²) in [4.78, 5) is 0. The molecule has 0 saturated heterocycles. The van der Waals surface area contributed by atoms with Crippen molar-refractivity contribution in [3.63, 3.8) is 0 Å². The summed E-state index contributed by atoms with van der Waals surface area (Å²) in [7, 11) is 3.28. The highest BCUT2D eigenvalue weighted by Gasteiger charge is 2.02. The van der Waals surface area contributed by atoms with Gasteiger partial charge in [-0.15, -0.1) is 0 Å². The molecule has 3 nitrogen and oxygen atoms in total. The van der Waals surface area contributed by atoms with Crippen molar-refractivity contribution in [2.45, 2.75) is 0 Å². The highest BCUT2D eigenvalue weighted by Crippen LogP contribution is 2.24. The fraction of sp³-hybridized carbons (Fsp3) is 0.167. The standard InChI is InChI=1S/C12H12NO2/c1-14-11-7-10(8-12(9-11)15-2)13-5-3-4-6-13/h3,5-9H,1-2H3. The van der Waals surface area contributed by atoms with Gasteiger partial charge in [0.25, 0.3) is 0 Å². The van der Waals surface area contributed by atoms with Crippen LogP contribution in [0.5, 0.6) is 11.5 Å². The first kappa shape index (κ1) is 9.65. The molecule has 0 atom stereocenters. The van der Waals surface area contributed by atoms with E-state index in [-0.39, 0.29) is 0 Å². The Bertz CT molecular complexity index is 413. The van der Waals surface area contributed by atoms with E-state index in [9.17, 15) is 0 Å². The van der Waals surface area contributed by atoms with Crippen LogP contribution in [0.2, 0.25) is 0 Å². The van der Waals surface area contributed by atoms with E-state index in [2.05, 4.69) is 6.07 Å². The molecule has 0 amide bonds. The van der Waals surface area contributed by atoms with Crippen LogP contribution in [-0.2, 0) is 0 Å². The molecule has 0 aliphatic carbocycles. The number of aromatic nitrogens is 1. The maximum absolute atomic E-state index is 5.19. The van der Waals surface area contributed by atoms with Crippen molar-refractivity contribution in [2.24, 2.45) is 0 Å². The van der Waals surface area contributed by atoms with Crippen molar-refractivity contribution in [2.75, 3.05) is 14.2 Å². The molecule has 0 fully saturated rings. The van der Waals surface area contributed by atoms with Gasteiger partial charge in [-0.2, -0.15) is 0 Å². The Morgan fingerprint density at radius 2 is 1.73 bits per heavy atom. The molecule has 1 aromatic heterocycles. The zero-order valence-electron chi connectivity index (χ0n) is 8.73. The van der Waals surface area contributed by atoms with Crippen molar-refractivity contribution >= 4 is 0 Å². The summed E-state index contributed by atoms with van der Waals surface area (Å²) in [6, 6.07) is 10.6. The van der Waals surface area contributed by atoms with E-state index in [1.165, 1.54) is 0 Å². The van der Waals surface area contributed by atoms with E-state index in [1.54, 1.807) is 14.2 Å². The van der Waals surface area contributed by atoms with Gasteiger partial charge in [0.15, 0.2) is 0 Å². The van der Waals surface area contributed by atoms with Gasteiger partial charge in [0.05, 0.1) is 19.9 Å². The monoisotopic (exact) mass is 202 g/mol. The highest BCUT2D eigenvalue weighted by molar-refractivity contribution is 5.46. The smallest absolute Gasteiger partial charge is 0.124 e. The second-order valence-corrected chi connectivity index (χ2v) is 3.09. The molecule has 2 aromatic rings. The Morgan fingerprint density at radius 1 is 1.07 bits per heavy atom. The summed E-state index contributed by atoms with van der Waals surface area (Å²) in [6.07, 6.45) is 3.78. The van der Waals surface area contributed by atoms with E-state index in [0.29, 0.717) is 0 Å². The fourth-order valence-corrected chi connectivity index (χ4v) is 1.39. The molecule has 0 N–H and O–H groups in total. The van der Waals surface area contributed by atoms with Crippen molar-refractivity contribution < 1.29 is 9.47 Å². The Kier molecular flexibility index (Phi) is 2.63. The van der Waals surface area contributed by atoms with Gasteiger partial charge in [0, 0.05) is 36.7 Å². The summed E-state index contributed by atoms with van der Waals surface area (Å²) >= 11 is 0. The Balaban J connectivity index is 2.47. The minimum Gasteiger partial charge on any atom is -0.497 e. The van der Waals surface area contributed by atoms with Gasteiger partial charge >= 0.3 is 0 Å². The molecule has 1 radical (unpaired) electrons. The van der Waals surface area contributed by atoms with Gasteiger partial charge in [-0.05, 0) is 6.07 Å². The Morgan fingerprint density at radius 3 is 2.20 bits per heavy atom. The van der Waals surface area contributed by atoms with Crippen LogP contribution in [-0.4, -0.2) is 18.8 Å². The summed E-state index contributed by atoms with van der Waals surface area (Å²) in [6.45, 7) is 0. The number of methoxy groups -OCH3 is 2. The van der Waals surface area contributed by atoms with Gasteiger partial charge in [0.2, 0.25) is 0 Å². The summed E-state index contributed by atoms with van der Waals surface area (Å²) < 4.78 is 12.3. The van der Waals surface area contributed by atoms with E-state index < -0.39 is 0 Å². The molecular weight excluding hydrogens is 190 g/mol. The second-order valence-electron chi connectivity index (χ2n) is 3.09. The molecule has 0 aliphatic rings. The van der Waals surface area contributed by atoms with Crippen molar-refractivity contribution in [1.29, 1.82) is 0 Å². The second kappa shape index (κ2) is 4.09. The van der Waals surface area contributed by atoms with Gasteiger partial charge in [-0.3, -0.25) is 0 Å². The number of rotatable bonds is 3. The van der Waals surface area contributed by atoms with E-state index in [1.807, 2.05) is 41.2 Å². The van der Waals surface area contributed by atoms with Crippen LogP contribution in [0.3, 0.4) is 0 Å². The van der Waals surface area contributed by atoms with Crippen LogP contribution < -0.4 is 9.47 Å². The first-order valence-corrected chi connectivity index (χ1v) is 4.61. The molecule has 1 aromatic carbocycles. The minimum atomic E-state index is 0.776. The van der Waals surface area contributed by atoms with E-state index in [4.69, 9.17) is 9.47 Å².